The average Bonchev–Trinajstić information content (AvgIpc) is 3.40. The molecule has 1 saturated heterocycles. The Morgan fingerprint density at radius 1 is 1.00 bits per heavy atom. The summed E-state index contributed by atoms with van der Waals surface area (Å²) in [7, 11) is 1.84. The van der Waals surface area contributed by atoms with Crippen LogP contribution in [0.2, 0.25) is 0 Å². The predicted octanol–water partition coefficient (Wildman–Crippen LogP) is 5.97. The lowest BCUT2D eigenvalue weighted by atomic mass is 9.65. The van der Waals surface area contributed by atoms with Gasteiger partial charge in [-0.15, -0.1) is 5.06 Å². The first kappa shape index (κ1) is 19.6. The third kappa shape index (κ3) is 3.20. The maximum absolute atomic E-state index is 6.49. The van der Waals surface area contributed by atoms with Crippen LogP contribution in [0.15, 0.2) is 60.7 Å². The third-order valence-corrected chi connectivity index (χ3v) is 7.01. The fourth-order valence-electron chi connectivity index (χ4n) is 4.97. The number of nitrogens with zero attached hydrogens (tertiary/aromatic N) is 1. The zero-order valence-corrected chi connectivity index (χ0v) is 17.8. The molecule has 150 valence electrons. The second-order valence-electron chi connectivity index (χ2n) is 9.67. The number of hydrogen-bond acceptors (Lipinski definition) is 3. The van der Waals surface area contributed by atoms with Crippen molar-refractivity contribution in [3.8, 4) is 0 Å². The molecule has 0 radical (unpaired) electrons. The van der Waals surface area contributed by atoms with Crippen molar-refractivity contribution >= 4 is 0 Å². The molecule has 0 aromatic heterocycles. The van der Waals surface area contributed by atoms with E-state index in [-0.39, 0.29) is 22.8 Å². The first-order valence-corrected chi connectivity index (χ1v) is 10.4. The smallest absolute Gasteiger partial charge is 0.194 e. The Balaban J connectivity index is 1.69. The van der Waals surface area contributed by atoms with Gasteiger partial charge in [-0.3, -0.25) is 4.84 Å². The zero-order valence-electron chi connectivity index (χ0n) is 17.8. The van der Waals surface area contributed by atoms with Crippen LogP contribution >= 0.6 is 0 Å². The van der Waals surface area contributed by atoms with Crippen LogP contribution in [0.3, 0.4) is 0 Å². The van der Waals surface area contributed by atoms with Gasteiger partial charge in [0.25, 0.3) is 0 Å². The molecule has 1 unspecified atom stereocenters. The molecule has 4 rings (SSSR count). The summed E-state index contributed by atoms with van der Waals surface area (Å²) in [5.41, 5.74) is 2.09. The largest absolute Gasteiger partial charge is 0.374 e. The van der Waals surface area contributed by atoms with Gasteiger partial charge in [0, 0.05) is 7.11 Å². The maximum Gasteiger partial charge on any atom is 0.194 e. The lowest BCUT2D eigenvalue weighted by Gasteiger charge is -2.46. The van der Waals surface area contributed by atoms with Crippen LogP contribution in [-0.2, 0) is 9.57 Å². The summed E-state index contributed by atoms with van der Waals surface area (Å²) >= 11 is 0. The first-order chi connectivity index (χ1) is 13.3. The highest BCUT2D eigenvalue weighted by Crippen LogP contribution is 2.61. The van der Waals surface area contributed by atoms with Crippen molar-refractivity contribution in [2.45, 2.75) is 64.3 Å². The molecule has 0 bridgehead atoms. The molecule has 1 heterocycles. The third-order valence-electron chi connectivity index (χ3n) is 7.01. The lowest BCUT2D eigenvalue weighted by Crippen LogP contribution is -2.53. The van der Waals surface area contributed by atoms with E-state index in [4.69, 9.17) is 9.57 Å². The second-order valence-corrected chi connectivity index (χ2v) is 9.67. The topological polar surface area (TPSA) is 24.8 Å². The van der Waals surface area contributed by atoms with E-state index in [2.05, 4.69) is 93.4 Å². The lowest BCUT2D eigenvalue weighted by molar-refractivity contribution is -0.113. The summed E-state index contributed by atoms with van der Waals surface area (Å²) in [6.07, 6.45) is 3.17. The van der Waals surface area contributed by atoms with Crippen LogP contribution in [0.1, 0.15) is 64.1 Å². The molecule has 0 N–H and O–H groups in total. The van der Waals surface area contributed by atoms with E-state index >= 15 is 0 Å². The number of ether oxygens (including phenoxy) is 1. The molecule has 1 aliphatic carbocycles. The highest BCUT2D eigenvalue weighted by Gasteiger charge is 2.71. The van der Waals surface area contributed by atoms with Crippen molar-refractivity contribution in [2.75, 3.05) is 7.11 Å². The van der Waals surface area contributed by atoms with E-state index in [9.17, 15) is 0 Å². The van der Waals surface area contributed by atoms with E-state index in [1.54, 1.807) is 0 Å². The summed E-state index contributed by atoms with van der Waals surface area (Å²) in [6.45, 7) is 9.26. The Morgan fingerprint density at radius 2 is 1.54 bits per heavy atom. The summed E-state index contributed by atoms with van der Waals surface area (Å²) in [5.74, 6) is 0.626. The normalized spacial score (nSPS) is 32.6. The van der Waals surface area contributed by atoms with Gasteiger partial charge in [-0.25, -0.2) is 0 Å². The average molecular weight is 380 g/mol. The minimum absolute atomic E-state index is 0.0723. The summed E-state index contributed by atoms with van der Waals surface area (Å²) in [6, 6.07) is 21.4. The van der Waals surface area contributed by atoms with E-state index in [0.29, 0.717) is 5.92 Å². The summed E-state index contributed by atoms with van der Waals surface area (Å²) in [5, 5.41) is 2.21. The van der Waals surface area contributed by atoms with Gasteiger partial charge in [-0.1, -0.05) is 81.4 Å². The molecule has 2 fully saturated rings. The Bertz CT molecular complexity index is 761. The molecule has 2 aromatic rings. The quantitative estimate of drug-likeness (QED) is 0.612. The van der Waals surface area contributed by atoms with Crippen LogP contribution in [0.25, 0.3) is 0 Å². The summed E-state index contributed by atoms with van der Waals surface area (Å²) < 4.78 is 6.17. The Morgan fingerprint density at radius 3 is 2.00 bits per heavy atom. The monoisotopic (exact) mass is 379 g/mol. The van der Waals surface area contributed by atoms with Gasteiger partial charge in [0.2, 0.25) is 0 Å². The van der Waals surface area contributed by atoms with Crippen LogP contribution in [0, 0.1) is 11.3 Å². The van der Waals surface area contributed by atoms with Gasteiger partial charge in [0.15, 0.2) is 5.72 Å². The molecule has 2 aromatic carbocycles. The van der Waals surface area contributed by atoms with E-state index in [0.717, 1.165) is 19.3 Å². The zero-order chi connectivity index (χ0) is 20.0. The number of hydroxylamine groups is 2. The molecule has 1 saturated carbocycles. The highest BCUT2D eigenvalue weighted by atomic mass is 16.9. The first-order valence-electron chi connectivity index (χ1n) is 10.4. The van der Waals surface area contributed by atoms with Crippen molar-refractivity contribution in [3.05, 3.63) is 71.8 Å². The van der Waals surface area contributed by atoms with Crippen molar-refractivity contribution in [1.82, 2.24) is 5.06 Å². The van der Waals surface area contributed by atoms with Crippen molar-refractivity contribution in [1.29, 1.82) is 0 Å². The van der Waals surface area contributed by atoms with Crippen LogP contribution in [0.4, 0.5) is 0 Å². The Hall–Kier alpha value is -1.68. The Kier molecular flexibility index (Phi) is 4.89. The highest BCUT2D eigenvalue weighted by molar-refractivity contribution is 5.33. The van der Waals surface area contributed by atoms with Gasteiger partial charge in [-0.2, -0.15) is 0 Å². The molecule has 1 spiro atoms. The van der Waals surface area contributed by atoms with Crippen LogP contribution in [-0.4, -0.2) is 23.5 Å². The maximum atomic E-state index is 6.49. The minimum Gasteiger partial charge on any atom is -0.374 e. The van der Waals surface area contributed by atoms with Crippen LogP contribution < -0.4 is 0 Å². The van der Waals surface area contributed by atoms with E-state index in [1.807, 2.05) is 7.11 Å². The van der Waals surface area contributed by atoms with Gasteiger partial charge in [0.05, 0.1) is 6.04 Å². The van der Waals surface area contributed by atoms with Crippen LogP contribution in [0.5, 0.6) is 0 Å². The standard InChI is InChI=1S/C25H33NO2/c1-23(2,3)21-16-17-25(24(4,18-21)27-5)26(28-25)22(19-12-8-6-9-13-19)20-14-10-7-11-15-20/h6-15,21-22H,16-18H2,1-5H3/t21-,24-,25-,26?/m1/s1. The van der Waals surface area contributed by atoms with Gasteiger partial charge >= 0.3 is 0 Å². The van der Waals surface area contributed by atoms with Crippen molar-refractivity contribution < 1.29 is 9.57 Å². The second kappa shape index (κ2) is 6.98. The molecule has 3 heteroatoms. The van der Waals surface area contributed by atoms with Crippen molar-refractivity contribution in [2.24, 2.45) is 11.3 Å². The molecule has 2 aliphatic rings. The number of rotatable bonds is 4. The minimum atomic E-state index is -0.361. The van der Waals surface area contributed by atoms with Gasteiger partial charge in [-0.05, 0) is 48.6 Å². The fourth-order valence-corrected chi connectivity index (χ4v) is 4.97. The molecule has 3 nitrogen and oxygen atoms in total. The van der Waals surface area contributed by atoms with E-state index < -0.39 is 0 Å². The molecule has 0 amide bonds. The van der Waals surface area contributed by atoms with Crippen molar-refractivity contribution in [3.63, 3.8) is 0 Å². The van der Waals surface area contributed by atoms with E-state index in [1.165, 1.54) is 11.1 Å². The van der Waals surface area contributed by atoms with Gasteiger partial charge < -0.3 is 4.74 Å². The molecule has 1 aliphatic heterocycles. The fraction of sp³-hybridized carbons (Fsp3) is 0.520. The molecule has 28 heavy (non-hydrogen) atoms. The molecular weight excluding hydrogens is 346 g/mol. The molecule has 4 atom stereocenters. The Labute approximate surface area is 169 Å². The predicted molar refractivity (Wildman–Crippen MR) is 113 cm³/mol. The summed E-state index contributed by atoms with van der Waals surface area (Å²) in [4.78, 5) is 6.49. The number of methoxy groups -OCH3 is 1. The SMILES string of the molecule is CO[C@]1(C)C[C@H](C(C)(C)C)CC[C@@]12ON2C(c1ccccc1)c1ccccc1. The van der Waals surface area contributed by atoms with Gasteiger partial charge in [0.1, 0.15) is 5.60 Å². The number of hydrogen-bond donors (Lipinski definition) is 0. The number of benzene rings is 2. The molecular formula is C25H33NO2.